The zero-order valence-corrected chi connectivity index (χ0v) is 15.9. The molecular weight excluding hydrogens is 344 g/mol. The highest BCUT2D eigenvalue weighted by Crippen LogP contribution is 2.21. The van der Waals surface area contributed by atoms with Gasteiger partial charge in [-0.1, -0.05) is 68.1 Å². The molecule has 26 heavy (non-hydrogen) atoms. The lowest BCUT2D eigenvalue weighted by molar-refractivity contribution is -0.663. The van der Waals surface area contributed by atoms with E-state index in [1.165, 1.54) is 55.1 Å². The fraction of sp³-hybridized carbons (Fsp3) is 0.409. The molecule has 4 rings (SSSR count). The Hall–Kier alpha value is -1.84. The molecule has 1 fully saturated rings. The first-order valence-electron chi connectivity index (χ1n) is 9.53. The summed E-state index contributed by atoms with van der Waals surface area (Å²) in [5.41, 5.74) is 3.82. The van der Waals surface area contributed by atoms with Gasteiger partial charge in [0.25, 0.3) is 0 Å². The summed E-state index contributed by atoms with van der Waals surface area (Å²) in [5.74, 6) is 0. The summed E-state index contributed by atoms with van der Waals surface area (Å²) >= 11 is 0. The molecule has 0 N–H and O–H groups in total. The molecule has 1 aliphatic carbocycles. The van der Waals surface area contributed by atoms with E-state index in [0.717, 1.165) is 6.54 Å². The van der Waals surface area contributed by atoms with Gasteiger partial charge in [0.2, 0.25) is 6.33 Å². The predicted molar refractivity (Wildman–Crippen MR) is 100 cm³/mol. The second-order valence-corrected chi connectivity index (χ2v) is 7.10. The third-order valence-corrected chi connectivity index (χ3v) is 5.23. The van der Waals surface area contributed by atoms with Gasteiger partial charge >= 0.3 is 0 Å². The minimum Gasteiger partial charge on any atom is -1.00 e. The molecule has 0 atom stereocenters. The van der Waals surface area contributed by atoms with Gasteiger partial charge in [-0.25, -0.2) is 9.13 Å². The monoisotopic (exact) mass is 370 g/mol. The lowest BCUT2D eigenvalue weighted by Gasteiger charge is -2.13. The van der Waals surface area contributed by atoms with E-state index < -0.39 is 0 Å². The first-order valence-corrected chi connectivity index (χ1v) is 9.53. The number of hydrogen-bond acceptors (Lipinski definition) is 1. The van der Waals surface area contributed by atoms with Gasteiger partial charge in [0.1, 0.15) is 6.54 Å². The van der Waals surface area contributed by atoms with Gasteiger partial charge in [-0.15, -0.1) is 0 Å². The molecule has 0 unspecified atom stereocenters. The van der Waals surface area contributed by atoms with Crippen molar-refractivity contribution in [2.45, 2.75) is 57.9 Å². The molecule has 0 spiro atoms. The molecule has 3 aromatic rings. The Labute approximate surface area is 162 Å². The molecule has 2 aromatic carbocycles. The number of fused-ring (bicyclic) bond motifs is 1. The third-order valence-electron chi connectivity index (χ3n) is 5.23. The Morgan fingerprint density at radius 2 is 1.58 bits per heavy atom. The van der Waals surface area contributed by atoms with Gasteiger partial charge in [-0.05, 0) is 30.5 Å². The van der Waals surface area contributed by atoms with Gasteiger partial charge in [0.15, 0.2) is 17.8 Å². The molecule has 3 nitrogen and oxygen atoms in total. The normalized spacial score (nSPS) is 15.5. The quantitative estimate of drug-likeness (QED) is 0.493. The van der Waals surface area contributed by atoms with Crippen LogP contribution < -0.4 is 17.0 Å². The average molecular weight is 371 g/mol. The van der Waals surface area contributed by atoms with Crippen LogP contribution in [-0.2, 0) is 18.0 Å². The van der Waals surface area contributed by atoms with Crippen molar-refractivity contribution in [3.8, 4) is 0 Å². The summed E-state index contributed by atoms with van der Waals surface area (Å²) in [7, 11) is 0. The third kappa shape index (κ3) is 4.46. The van der Waals surface area contributed by atoms with Crippen LogP contribution in [0.1, 0.15) is 44.1 Å². The number of ether oxygens (including phenoxy) is 1. The van der Waals surface area contributed by atoms with Crippen molar-refractivity contribution >= 4 is 11.0 Å². The van der Waals surface area contributed by atoms with E-state index in [-0.39, 0.29) is 12.4 Å². The maximum Gasteiger partial charge on any atom is 0.246 e. The zero-order valence-electron chi connectivity index (χ0n) is 15.2. The minimum atomic E-state index is 0. The Balaban J connectivity index is 0.00000196. The van der Waals surface area contributed by atoms with Crippen LogP contribution >= 0.6 is 0 Å². The minimum absolute atomic E-state index is 0. The molecule has 0 bridgehead atoms. The maximum absolute atomic E-state index is 6.27. The van der Waals surface area contributed by atoms with Crippen LogP contribution in [-0.4, -0.2) is 10.7 Å². The molecular formula is C22H27ClN2O. The molecule has 138 valence electrons. The van der Waals surface area contributed by atoms with Crippen LogP contribution in [0.5, 0.6) is 0 Å². The SMILES string of the molecule is [Cl-].c1ccc(C[n+]2cn(COC3CCCCCC3)c3ccccc32)cc1. The largest absolute Gasteiger partial charge is 1.00 e. The number of aromatic nitrogens is 2. The van der Waals surface area contributed by atoms with Crippen molar-refractivity contribution in [3.05, 3.63) is 66.5 Å². The predicted octanol–water partition coefficient (Wildman–Crippen LogP) is 1.68. The summed E-state index contributed by atoms with van der Waals surface area (Å²) in [6.07, 6.45) is 10.4. The van der Waals surface area contributed by atoms with Crippen LogP contribution in [0, 0.1) is 0 Å². The standard InChI is InChI=1S/C22H27N2O.ClH/c1-2-7-13-20(12-6-1)25-18-24-17-23(16-19-10-4-3-5-11-19)21-14-8-9-15-22(21)24;/h3-5,8-11,14-15,17,20H,1-2,6-7,12-13,16,18H2;1H/q+1;/p-1. The van der Waals surface area contributed by atoms with Crippen molar-refractivity contribution in [2.75, 3.05) is 0 Å². The summed E-state index contributed by atoms with van der Waals surface area (Å²) in [4.78, 5) is 0. The topological polar surface area (TPSA) is 18.0 Å². The molecule has 1 aromatic heterocycles. The van der Waals surface area contributed by atoms with E-state index in [4.69, 9.17) is 4.74 Å². The summed E-state index contributed by atoms with van der Waals surface area (Å²) in [6, 6.07) is 19.2. The van der Waals surface area contributed by atoms with Gasteiger partial charge in [-0.2, -0.15) is 0 Å². The van der Waals surface area contributed by atoms with Crippen molar-refractivity contribution in [1.29, 1.82) is 0 Å². The lowest BCUT2D eigenvalue weighted by Crippen LogP contribution is -3.00. The highest BCUT2D eigenvalue weighted by Gasteiger charge is 2.18. The molecule has 0 radical (unpaired) electrons. The Kier molecular flexibility index (Phi) is 6.70. The van der Waals surface area contributed by atoms with Crippen molar-refractivity contribution < 1.29 is 21.7 Å². The fourth-order valence-electron chi connectivity index (χ4n) is 3.85. The van der Waals surface area contributed by atoms with Gasteiger partial charge in [0, 0.05) is 0 Å². The van der Waals surface area contributed by atoms with Crippen LogP contribution in [0.4, 0.5) is 0 Å². The summed E-state index contributed by atoms with van der Waals surface area (Å²) < 4.78 is 10.8. The molecule has 1 saturated carbocycles. The van der Waals surface area contributed by atoms with Gasteiger partial charge < -0.3 is 17.1 Å². The van der Waals surface area contributed by atoms with E-state index in [2.05, 4.69) is 70.1 Å². The molecule has 1 aliphatic rings. The van der Waals surface area contributed by atoms with E-state index in [9.17, 15) is 0 Å². The molecule has 0 aliphatic heterocycles. The fourth-order valence-corrected chi connectivity index (χ4v) is 3.85. The number of imidazole rings is 1. The highest BCUT2D eigenvalue weighted by atomic mass is 35.5. The van der Waals surface area contributed by atoms with Crippen LogP contribution in [0.2, 0.25) is 0 Å². The van der Waals surface area contributed by atoms with Crippen molar-refractivity contribution in [3.63, 3.8) is 0 Å². The van der Waals surface area contributed by atoms with Crippen LogP contribution in [0.25, 0.3) is 11.0 Å². The number of halogens is 1. The second kappa shape index (κ2) is 9.20. The Bertz CT molecular complexity index is 807. The highest BCUT2D eigenvalue weighted by molar-refractivity contribution is 5.71. The van der Waals surface area contributed by atoms with E-state index in [1.54, 1.807) is 0 Å². The van der Waals surface area contributed by atoms with Gasteiger partial charge in [-0.3, -0.25) is 0 Å². The van der Waals surface area contributed by atoms with Crippen molar-refractivity contribution in [1.82, 2.24) is 4.57 Å². The Morgan fingerprint density at radius 1 is 0.885 bits per heavy atom. The summed E-state index contributed by atoms with van der Waals surface area (Å²) in [5, 5.41) is 0. The number of nitrogens with zero attached hydrogens (tertiary/aromatic N) is 2. The number of rotatable bonds is 5. The van der Waals surface area contributed by atoms with E-state index in [1.807, 2.05) is 0 Å². The summed E-state index contributed by atoms with van der Waals surface area (Å²) in [6.45, 7) is 1.53. The Morgan fingerprint density at radius 3 is 2.35 bits per heavy atom. The molecule has 1 heterocycles. The molecule has 0 saturated heterocycles. The van der Waals surface area contributed by atoms with Crippen LogP contribution in [0.3, 0.4) is 0 Å². The number of benzene rings is 2. The second-order valence-electron chi connectivity index (χ2n) is 7.10. The first kappa shape index (κ1) is 18.9. The molecule has 0 amide bonds. The maximum atomic E-state index is 6.27. The number of hydrogen-bond donors (Lipinski definition) is 0. The number of para-hydroxylation sites is 2. The smallest absolute Gasteiger partial charge is 0.246 e. The van der Waals surface area contributed by atoms with Gasteiger partial charge in [0.05, 0.1) is 6.10 Å². The van der Waals surface area contributed by atoms with Crippen molar-refractivity contribution in [2.24, 2.45) is 0 Å². The zero-order chi connectivity index (χ0) is 16.9. The van der Waals surface area contributed by atoms with Crippen LogP contribution in [0.15, 0.2) is 60.9 Å². The lowest BCUT2D eigenvalue weighted by atomic mass is 10.2. The molecule has 4 heteroatoms. The van der Waals surface area contributed by atoms with E-state index in [0.29, 0.717) is 12.8 Å². The average Bonchev–Trinajstić information content (AvgIpc) is 2.83. The first-order chi connectivity index (χ1) is 12.4. The van der Waals surface area contributed by atoms with E-state index >= 15 is 0 Å².